The minimum atomic E-state index is -0.671. The van der Waals surface area contributed by atoms with Crippen molar-refractivity contribution in [2.45, 2.75) is 32.1 Å². The van der Waals surface area contributed by atoms with Crippen LogP contribution in [0.3, 0.4) is 0 Å². The lowest BCUT2D eigenvalue weighted by Crippen LogP contribution is -2.35. The Morgan fingerprint density at radius 2 is 1.95 bits per heavy atom. The molecule has 1 aromatic rings. The van der Waals surface area contributed by atoms with Crippen LogP contribution in [0.15, 0.2) is 30.3 Å². The molecule has 0 saturated carbocycles. The molecule has 1 aliphatic rings. The predicted molar refractivity (Wildman–Crippen MR) is 82.6 cm³/mol. The van der Waals surface area contributed by atoms with Gasteiger partial charge < -0.3 is 14.7 Å². The molecule has 0 amide bonds. The third-order valence-corrected chi connectivity index (χ3v) is 4.10. The summed E-state index contributed by atoms with van der Waals surface area (Å²) in [6.45, 7) is 4.01. The van der Waals surface area contributed by atoms with Crippen LogP contribution in [0.5, 0.6) is 5.75 Å². The average molecular weight is 291 g/mol. The number of aliphatic carboxylic acids is 1. The topological polar surface area (TPSA) is 49.8 Å². The summed E-state index contributed by atoms with van der Waals surface area (Å²) in [4.78, 5) is 13.0. The summed E-state index contributed by atoms with van der Waals surface area (Å²) in [6, 6.07) is 9.91. The van der Waals surface area contributed by atoms with Gasteiger partial charge in [-0.1, -0.05) is 18.2 Å². The van der Waals surface area contributed by atoms with Gasteiger partial charge in [0, 0.05) is 13.0 Å². The number of carboxylic acid groups (broad SMARTS) is 1. The van der Waals surface area contributed by atoms with Crippen molar-refractivity contribution in [3.8, 4) is 5.75 Å². The van der Waals surface area contributed by atoms with Crippen molar-refractivity contribution in [1.82, 2.24) is 4.90 Å². The number of hydrogen-bond acceptors (Lipinski definition) is 3. The zero-order valence-corrected chi connectivity index (χ0v) is 12.5. The fourth-order valence-corrected chi connectivity index (χ4v) is 2.82. The number of rotatable bonds is 8. The van der Waals surface area contributed by atoms with Crippen LogP contribution in [-0.2, 0) is 4.79 Å². The molecule has 2 rings (SSSR count). The van der Waals surface area contributed by atoms with E-state index in [1.807, 2.05) is 30.3 Å². The van der Waals surface area contributed by atoms with Crippen molar-refractivity contribution in [2.75, 3.05) is 26.2 Å². The molecule has 116 valence electrons. The zero-order valence-electron chi connectivity index (χ0n) is 12.5. The third kappa shape index (κ3) is 6.17. The van der Waals surface area contributed by atoms with Gasteiger partial charge in [-0.15, -0.1) is 0 Å². The van der Waals surface area contributed by atoms with E-state index in [1.54, 1.807) is 0 Å². The van der Waals surface area contributed by atoms with Gasteiger partial charge in [0.05, 0.1) is 6.61 Å². The Morgan fingerprint density at radius 1 is 1.24 bits per heavy atom. The second-order valence-electron chi connectivity index (χ2n) is 5.73. The number of carboxylic acids is 1. The summed E-state index contributed by atoms with van der Waals surface area (Å²) >= 11 is 0. The van der Waals surface area contributed by atoms with Crippen molar-refractivity contribution in [3.63, 3.8) is 0 Å². The summed E-state index contributed by atoms with van der Waals surface area (Å²) in [6.07, 6.45) is 4.45. The molecule has 0 bridgehead atoms. The van der Waals surface area contributed by atoms with Gasteiger partial charge >= 0.3 is 5.97 Å². The molecule has 1 aliphatic heterocycles. The van der Waals surface area contributed by atoms with Crippen LogP contribution in [0, 0.1) is 5.92 Å². The first-order valence-electron chi connectivity index (χ1n) is 7.86. The monoisotopic (exact) mass is 291 g/mol. The number of piperidine rings is 1. The lowest BCUT2D eigenvalue weighted by molar-refractivity contribution is -0.137. The van der Waals surface area contributed by atoms with Crippen molar-refractivity contribution in [3.05, 3.63) is 30.3 Å². The van der Waals surface area contributed by atoms with Gasteiger partial charge in [0.2, 0.25) is 0 Å². The van der Waals surface area contributed by atoms with Gasteiger partial charge in [-0.05, 0) is 56.8 Å². The molecule has 4 heteroatoms. The minimum Gasteiger partial charge on any atom is -0.494 e. The van der Waals surface area contributed by atoms with Crippen molar-refractivity contribution in [2.24, 2.45) is 5.92 Å². The summed E-state index contributed by atoms with van der Waals surface area (Å²) in [5.74, 6) is 0.860. The van der Waals surface area contributed by atoms with Crippen LogP contribution < -0.4 is 4.74 Å². The van der Waals surface area contributed by atoms with Gasteiger partial charge in [-0.3, -0.25) is 4.79 Å². The van der Waals surface area contributed by atoms with Crippen molar-refractivity contribution >= 4 is 5.97 Å². The number of carbonyl (C=O) groups is 1. The number of ether oxygens (including phenoxy) is 1. The first-order valence-corrected chi connectivity index (χ1v) is 7.86. The van der Waals surface area contributed by atoms with Crippen LogP contribution in [-0.4, -0.2) is 42.2 Å². The first kappa shape index (κ1) is 15.8. The molecule has 1 heterocycles. The van der Waals surface area contributed by atoms with E-state index in [9.17, 15) is 4.79 Å². The van der Waals surface area contributed by atoms with E-state index in [-0.39, 0.29) is 0 Å². The summed E-state index contributed by atoms with van der Waals surface area (Å²) in [5, 5.41) is 8.71. The molecule has 0 spiro atoms. The summed E-state index contributed by atoms with van der Waals surface area (Å²) < 4.78 is 5.69. The van der Waals surface area contributed by atoms with E-state index in [4.69, 9.17) is 9.84 Å². The number of nitrogens with zero attached hydrogens (tertiary/aromatic N) is 1. The van der Waals surface area contributed by atoms with E-state index < -0.39 is 5.97 Å². The molecule has 4 nitrogen and oxygen atoms in total. The normalized spacial score (nSPS) is 16.8. The van der Waals surface area contributed by atoms with Crippen molar-refractivity contribution < 1.29 is 14.6 Å². The molecule has 21 heavy (non-hydrogen) atoms. The zero-order chi connectivity index (χ0) is 14.9. The van der Waals surface area contributed by atoms with Gasteiger partial charge in [0.15, 0.2) is 0 Å². The highest BCUT2D eigenvalue weighted by molar-refractivity contribution is 5.66. The predicted octanol–water partition coefficient (Wildman–Crippen LogP) is 3.03. The van der Waals surface area contributed by atoms with Crippen LogP contribution in [0.2, 0.25) is 0 Å². The Kier molecular flexibility index (Phi) is 6.54. The van der Waals surface area contributed by atoms with E-state index in [0.717, 1.165) is 57.7 Å². The maximum Gasteiger partial charge on any atom is 0.303 e. The SMILES string of the molecule is O=C(O)CCC1CCN(CCCOc2ccccc2)CC1. The Balaban J connectivity index is 1.54. The first-order chi connectivity index (χ1) is 10.2. The number of para-hydroxylation sites is 1. The molecule has 0 aromatic heterocycles. The largest absolute Gasteiger partial charge is 0.494 e. The molecule has 0 radical (unpaired) electrons. The maximum absolute atomic E-state index is 10.6. The van der Waals surface area contributed by atoms with Gasteiger partial charge in [0.1, 0.15) is 5.75 Å². The maximum atomic E-state index is 10.6. The smallest absolute Gasteiger partial charge is 0.303 e. The highest BCUT2D eigenvalue weighted by Crippen LogP contribution is 2.21. The molecular formula is C17H25NO3. The lowest BCUT2D eigenvalue weighted by Gasteiger charge is -2.31. The molecular weight excluding hydrogens is 266 g/mol. The standard InChI is InChI=1S/C17H25NO3/c19-17(20)8-7-15-9-12-18(13-10-15)11-4-14-21-16-5-2-1-3-6-16/h1-3,5-6,15H,4,7-14H2,(H,19,20). The minimum absolute atomic E-state index is 0.315. The van der Waals surface area contributed by atoms with E-state index in [2.05, 4.69) is 4.90 Å². The molecule has 1 saturated heterocycles. The second-order valence-corrected chi connectivity index (χ2v) is 5.73. The van der Waals surface area contributed by atoms with E-state index in [1.165, 1.54) is 0 Å². The third-order valence-electron chi connectivity index (χ3n) is 4.10. The highest BCUT2D eigenvalue weighted by Gasteiger charge is 2.19. The Labute approximate surface area is 126 Å². The van der Waals surface area contributed by atoms with Gasteiger partial charge in [-0.25, -0.2) is 0 Å². The summed E-state index contributed by atoms with van der Waals surface area (Å²) in [5.41, 5.74) is 0. The van der Waals surface area contributed by atoms with Gasteiger partial charge in [-0.2, -0.15) is 0 Å². The average Bonchev–Trinajstić information content (AvgIpc) is 2.52. The van der Waals surface area contributed by atoms with Crippen LogP contribution >= 0.6 is 0 Å². The molecule has 0 aliphatic carbocycles. The molecule has 1 N–H and O–H groups in total. The fourth-order valence-electron chi connectivity index (χ4n) is 2.82. The van der Waals surface area contributed by atoms with Crippen LogP contribution in [0.4, 0.5) is 0 Å². The Hall–Kier alpha value is -1.55. The number of likely N-dealkylation sites (tertiary alicyclic amines) is 1. The Morgan fingerprint density at radius 3 is 2.62 bits per heavy atom. The highest BCUT2D eigenvalue weighted by atomic mass is 16.5. The van der Waals surface area contributed by atoms with Crippen LogP contribution in [0.1, 0.15) is 32.1 Å². The molecule has 0 unspecified atom stereocenters. The molecule has 0 atom stereocenters. The fraction of sp³-hybridized carbons (Fsp3) is 0.588. The molecule has 1 fully saturated rings. The van der Waals surface area contributed by atoms with E-state index >= 15 is 0 Å². The van der Waals surface area contributed by atoms with E-state index in [0.29, 0.717) is 12.3 Å². The van der Waals surface area contributed by atoms with Gasteiger partial charge in [0.25, 0.3) is 0 Å². The number of benzene rings is 1. The molecule has 1 aromatic carbocycles. The van der Waals surface area contributed by atoms with Crippen molar-refractivity contribution in [1.29, 1.82) is 0 Å². The van der Waals surface area contributed by atoms with Crippen LogP contribution in [0.25, 0.3) is 0 Å². The second kappa shape index (κ2) is 8.67. The summed E-state index contributed by atoms with van der Waals surface area (Å²) in [7, 11) is 0. The Bertz CT molecular complexity index is 413. The quantitative estimate of drug-likeness (QED) is 0.748. The number of hydrogen-bond donors (Lipinski definition) is 1. The lowest BCUT2D eigenvalue weighted by atomic mass is 9.92.